The van der Waals surface area contributed by atoms with Crippen LogP contribution >= 0.6 is 0 Å². The molecule has 29 heavy (non-hydrogen) atoms. The summed E-state index contributed by atoms with van der Waals surface area (Å²) in [6.07, 6.45) is 20.5. The number of unbranched alkanes of at least 4 members (excludes halogenated alkanes) is 5. The summed E-state index contributed by atoms with van der Waals surface area (Å²) >= 11 is 0. The Morgan fingerprint density at radius 3 is 2.52 bits per heavy atom. The number of allylic oxidation sites excluding steroid dienone is 2. The molecule has 0 bridgehead atoms. The zero-order valence-electron chi connectivity index (χ0n) is 19.4. The van der Waals surface area contributed by atoms with Gasteiger partial charge in [-0.15, -0.1) is 0 Å². The molecular formula is C27H46O2. The molecule has 3 fully saturated rings. The molecule has 0 amide bonds. The summed E-state index contributed by atoms with van der Waals surface area (Å²) in [4.78, 5) is 0. The van der Waals surface area contributed by atoms with Crippen LogP contribution < -0.4 is 0 Å². The van der Waals surface area contributed by atoms with Crippen molar-refractivity contribution in [1.82, 2.24) is 0 Å². The van der Waals surface area contributed by atoms with E-state index < -0.39 is 0 Å². The van der Waals surface area contributed by atoms with Gasteiger partial charge in [0.2, 0.25) is 0 Å². The van der Waals surface area contributed by atoms with Gasteiger partial charge in [-0.05, 0) is 91.9 Å². The van der Waals surface area contributed by atoms with E-state index in [4.69, 9.17) is 4.74 Å². The second-order valence-corrected chi connectivity index (χ2v) is 11.5. The summed E-state index contributed by atoms with van der Waals surface area (Å²) in [7, 11) is 0. The Labute approximate surface area is 179 Å². The van der Waals surface area contributed by atoms with E-state index in [1.807, 2.05) is 0 Å². The number of hydrogen-bond acceptors (Lipinski definition) is 2. The molecule has 2 nitrogen and oxygen atoms in total. The third kappa shape index (κ3) is 4.04. The van der Waals surface area contributed by atoms with Crippen molar-refractivity contribution in [3.05, 3.63) is 11.8 Å². The number of hydrogen-bond donors (Lipinski definition) is 1. The maximum atomic E-state index is 10.6. The minimum Gasteiger partial charge on any atom is -0.498 e. The molecule has 1 N–H and O–H groups in total. The van der Waals surface area contributed by atoms with Gasteiger partial charge in [0.25, 0.3) is 0 Å². The Kier molecular flexibility index (Phi) is 6.69. The monoisotopic (exact) mass is 402 g/mol. The van der Waals surface area contributed by atoms with Crippen molar-refractivity contribution >= 4 is 0 Å². The third-order valence-electron chi connectivity index (χ3n) is 10.0. The lowest BCUT2D eigenvalue weighted by atomic mass is 9.46. The lowest BCUT2D eigenvalue weighted by Crippen LogP contribution is -2.53. The van der Waals surface area contributed by atoms with Crippen LogP contribution in [-0.2, 0) is 4.74 Å². The number of ether oxygens (including phenoxy) is 1. The predicted molar refractivity (Wildman–Crippen MR) is 121 cm³/mol. The molecule has 0 aromatic heterocycles. The Bertz CT molecular complexity index is 583. The first-order valence-electron chi connectivity index (χ1n) is 13.0. The SMILES string of the molecule is CCCCCCCCOC1=CC[C@@]2(C)[C@@H](CC[C@@H]3[C@@H]2CC[C@]2(C)[C@@H](O)CC[C@@H]32)C1. The van der Waals surface area contributed by atoms with E-state index in [1.165, 1.54) is 89.2 Å². The highest BCUT2D eigenvalue weighted by molar-refractivity contribution is 5.14. The maximum Gasteiger partial charge on any atom is 0.0923 e. The molecule has 0 radical (unpaired) electrons. The molecule has 4 rings (SSSR count). The van der Waals surface area contributed by atoms with E-state index in [0.29, 0.717) is 5.41 Å². The summed E-state index contributed by atoms with van der Waals surface area (Å²) in [5.41, 5.74) is 0.672. The molecule has 4 aliphatic carbocycles. The molecule has 0 heterocycles. The molecule has 0 aromatic carbocycles. The van der Waals surface area contributed by atoms with Crippen LogP contribution in [0.25, 0.3) is 0 Å². The van der Waals surface area contributed by atoms with Gasteiger partial charge in [0.15, 0.2) is 0 Å². The van der Waals surface area contributed by atoms with E-state index in [9.17, 15) is 5.11 Å². The van der Waals surface area contributed by atoms with Crippen LogP contribution in [0.15, 0.2) is 11.8 Å². The second kappa shape index (κ2) is 8.93. The molecule has 7 atom stereocenters. The Morgan fingerprint density at radius 1 is 0.931 bits per heavy atom. The van der Waals surface area contributed by atoms with Gasteiger partial charge in [-0.1, -0.05) is 52.9 Å². The number of aliphatic hydroxyl groups is 1. The lowest BCUT2D eigenvalue weighted by Gasteiger charge is -2.59. The van der Waals surface area contributed by atoms with Gasteiger partial charge in [0, 0.05) is 6.42 Å². The van der Waals surface area contributed by atoms with Crippen LogP contribution in [0, 0.1) is 34.5 Å². The van der Waals surface area contributed by atoms with Crippen LogP contribution in [0.3, 0.4) is 0 Å². The molecule has 2 heteroatoms. The highest BCUT2D eigenvalue weighted by Gasteiger charge is 2.59. The first-order chi connectivity index (χ1) is 14.0. The summed E-state index contributed by atoms with van der Waals surface area (Å²) in [6.45, 7) is 8.20. The van der Waals surface area contributed by atoms with Crippen molar-refractivity contribution in [3.63, 3.8) is 0 Å². The van der Waals surface area contributed by atoms with Gasteiger partial charge >= 0.3 is 0 Å². The van der Waals surface area contributed by atoms with Crippen LogP contribution in [0.2, 0.25) is 0 Å². The van der Waals surface area contributed by atoms with Crippen molar-refractivity contribution < 1.29 is 9.84 Å². The van der Waals surface area contributed by atoms with E-state index in [1.54, 1.807) is 0 Å². The predicted octanol–water partition coefficient (Wildman–Crippen LogP) is 7.26. The van der Waals surface area contributed by atoms with E-state index >= 15 is 0 Å². The fraction of sp³-hybridized carbons (Fsp3) is 0.926. The zero-order valence-corrected chi connectivity index (χ0v) is 19.4. The van der Waals surface area contributed by atoms with E-state index in [0.717, 1.165) is 36.7 Å². The molecule has 4 aliphatic rings. The Hall–Kier alpha value is -0.500. The Morgan fingerprint density at radius 2 is 1.69 bits per heavy atom. The lowest BCUT2D eigenvalue weighted by molar-refractivity contribution is -0.112. The molecule has 0 unspecified atom stereocenters. The summed E-state index contributed by atoms with van der Waals surface area (Å²) in [5, 5.41) is 10.6. The summed E-state index contributed by atoms with van der Waals surface area (Å²) < 4.78 is 6.25. The van der Waals surface area contributed by atoms with Crippen molar-refractivity contribution in [1.29, 1.82) is 0 Å². The summed E-state index contributed by atoms with van der Waals surface area (Å²) in [6, 6.07) is 0. The smallest absolute Gasteiger partial charge is 0.0923 e. The molecule has 0 aromatic rings. The van der Waals surface area contributed by atoms with Gasteiger partial charge in [-0.25, -0.2) is 0 Å². The number of aliphatic hydroxyl groups excluding tert-OH is 1. The largest absolute Gasteiger partial charge is 0.498 e. The van der Waals surface area contributed by atoms with Crippen molar-refractivity contribution in [2.75, 3.05) is 6.61 Å². The molecular weight excluding hydrogens is 356 g/mol. The van der Waals surface area contributed by atoms with Gasteiger partial charge in [-0.2, -0.15) is 0 Å². The van der Waals surface area contributed by atoms with Crippen LogP contribution in [0.4, 0.5) is 0 Å². The number of rotatable bonds is 8. The first-order valence-corrected chi connectivity index (χ1v) is 13.0. The molecule has 0 spiro atoms. The topological polar surface area (TPSA) is 29.5 Å². The van der Waals surface area contributed by atoms with Gasteiger partial charge in [0.05, 0.1) is 18.5 Å². The first kappa shape index (κ1) is 21.7. The number of fused-ring (bicyclic) bond motifs is 5. The van der Waals surface area contributed by atoms with Gasteiger partial charge < -0.3 is 9.84 Å². The maximum absolute atomic E-state index is 10.6. The molecule has 3 saturated carbocycles. The fourth-order valence-electron chi connectivity index (χ4n) is 8.02. The van der Waals surface area contributed by atoms with Crippen molar-refractivity contribution in [2.45, 2.75) is 117 Å². The van der Waals surface area contributed by atoms with Crippen molar-refractivity contribution in [2.24, 2.45) is 34.5 Å². The quantitative estimate of drug-likeness (QED) is 0.433. The average Bonchev–Trinajstić information content (AvgIpc) is 3.02. The van der Waals surface area contributed by atoms with Crippen LogP contribution in [0.5, 0.6) is 0 Å². The second-order valence-electron chi connectivity index (χ2n) is 11.5. The average molecular weight is 403 g/mol. The summed E-state index contributed by atoms with van der Waals surface area (Å²) in [5.74, 6) is 4.59. The molecule has 0 aliphatic heterocycles. The standard InChI is InChI=1S/C27H46O2/c1-4-5-6-7-8-9-18-29-21-14-16-26(2)20(19-21)10-11-22-23-12-13-25(28)27(23,3)17-15-24(22)26/h14,20,22-25,28H,4-13,15-19H2,1-3H3/t20-,22-,23-,24-,25-,26-,27-/m0/s1. The highest BCUT2D eigenvalue weighted by Crippen LogP contribution is 2.66. The Balaban J connectivity index is 1.32. The normalized spacial score (nSPS) is 43.9. The van der Waals surface area contributed by atoms with E-state index in [-0.39, 0.29) is 11.5 Å². The minimum absolute atomic E-state index is 0.0489. The highest BCUT2D eigenvalue weighted by atomic mass is 16.5. The van der Waals surface area contributed by atoms with E-state index in [2.05, 4.69) is 26.8 Å². The van der Waals surface area contributed by atoms with Gasteiger partial charge in [0.1, 0.15) is 0 Å². The molecule has 0 saturated heterocycles. The van der Waals surface area contributed by atoms with Gasteiger partial charge in [-0.3, -0.25) is 0 Å². The van der Waals surface area contributed by atoms with Crippen LogP contribution in [-0.4, -0.2) is 17.8 Å². The minimum atomic E-state index is -0.0489. The third-order valence-corrected chi connectivity index (χ3v) is 10.0. The zero-order chi connectivity index (χ0) is 20.5. The fourth-order valence-corrected chi connectivity index (χ4v) is 8.02. The molecule has 166 valence electrons. The van der Waals surface area contributed by atoms with Crippen LogP contribution in [0.1, 0.15) is 111 Å². The van der Waals surface area contributed by atoms with Crippen molar-refractivity contribution in [3.8, 4) is 0 Å².